The minimum atomic E-state index is 0.00356. The van der Waals surface area contributed by atoms with Crippen LogP contribution in [-0.4, -0.2) is 45.4 Å². The van der Waals surface area contributed by atoms with Crippen molar-refractivity contribution in [2.24, 2.45) is 11.8 Å². The quantitative estimate of drug-likeness (QED) is 0.682. The maximum atomic E-state index is 13.5. The molecule has 1 unspecified atom stereocenters. The second-order valence-electron chi connectivity index (χ2n) is 8.78. The van der Waals surface area contributed by atoms with Crippen molar-refractivity contribution in [3.63, 3.8) is 0 Å². The molecule has 0 aliphatic carbocycles. The predicted octanol–water partition coefficient (Wildman–Crippen LogP) is 4.22. The molecule has 30 heavy (non-hydrogen) atoms. The summed E-state index contributed by atoms with van der Waals surface area (Å²) in [4.78, 5) is 29.8. The van der Waals surface area contributed by atoms with E-state index in [1.54, 1.807) is 18.5 Å². The van der Waals surface area contributed by atoms with Gasteiger partial charge >= 0.3 is 0 Å². The van der Waals surface area contributed by atoms with Crippen LogP contribution in [0.25, 0.3) is 10.9 Å². The normalized spacial score (nSPS) is 19.3. The molecule has 2 aromatic heterocycles. The highest BCUT2D eigenvalue weighted by molar-refractivity contribution is 6.31. The molecule has 1 amide bonds. The van der Waals surface area contributed by atoms with Crippen LogP contribution >= 0.6 is 11.6 Å². The molecule has 0 bridgehead atoms. The predicted molar refractivity (Wildman–Crippen MR) is 119 cm³/mol. The second-order valence-corrected chi connectivity index (χ2v) is 9.22. The van der Waals surface area contributed by atoms with Gasteiger partial charge in [0.2, 0.25) is 11.9 Å². The largest absolute Gasteiger partial charge is 0.356 e. The minimum Gasteiger partial charge on any atom is -0.356 e. The van der Waals surface area contributed by atoms with Gasteiger partial charge in [-0.1, -0.05) is 25.4 Å². The molecule has 1 aromatic carbocycles. The third kappa shape index (κ3) is 3.33. The monoisotopic (exact) mass is 423 g/mol. The molecule has 4 heterocycles. The molecule has 2 aliphatic heterocycles. The van der Waals surface area contributed by atoms with Crippen LogP contribution in [-0.2, 0) is 11.2 Å². The average molecular weight is 424 g/mol. The van der Waals surface area contributed by atoms with Gasteiger partial charge < -0.3 is 14.8 Å². The van der Waals surface area contributed by atoms with E-state index >= 15 is 0 Å². The summed E-state index contributed by atoms with van der Waals surface area (Å²) in [7, 11) is 0. The lowest BCUT2D eigenvalue weighted by atomic mass is 9.89. The van der Waals surface area contributed by atoms with Crippen molar-refractivity contribution in [2.45, 2.75) is 32.7 Å². The van der Waals surface area contributed by atoms with Crippen LogP contribution in [0.5, 0.6) is 0 Å². The zero-order valence-corrected chi connectivity index (χ0v) is 18.1. The molecule has 3 aromatic rings. The first-order valence-electron chi connectivity index (χ1n) is 10.6. The van der Waals surface area contributed by atoms with E-state index in [1.165, 1.54) is 16.6 Å². The van der Waals surface area contributed by atoms with Crippen LogP contribution in [0.4, 0.5) is 5.95 Å². The van der Waals surface area contributed by atoms with Crippen molar-refractivity contribution in [1.29, 1.82) is 0 Å². The Balaban J connectivity index is 1.40. The van der Waals surface area contributed by atoms with Crippen molar-refractivity contribution in [1.82, 2.24) is 19.9 Å². The number of halogens is 1. The number of rotatable bonds is 4. The molecule has 0 saturated carbocycles. The van der Waals surface area contributed by atoms with Crippen LogP contribution in [0.2, 0.25) is 5.02 Å². The van der Waals surface area contributed by atoms with Gasteiger partial charge in [-0.15, -0.1) is 0 Å². The summed E-state index contributed by atoms with van der Waals surface area (Å²) in [6.45, 7) is 6.55. The first-order valence-corrected chi connectivity index (χ1v) is 11.0. The summed E-state index contributed by atoms with van der Waals surface area (Å²) in [5, 5.41) is 1.94. The molecule has 1 saturated heterocycles. The lowest BCUT2D eigenvalue weighted by Crippen LogP contribution is -2.56. The molecule has 5 rings (SSSR count). The molecule has 2 aliphatic rings. The topological polar surface area (TPSA) is 65.1 Å². The van der Waals surface area contributed by atoms with Crippen LogP contribution in [0.1, 0.15) is 37.6 Å². The van der Waals surface area contributed by atoms with Gasteiger partial charge in [0, 0.05) is 53.6 Å². The van der Waals surface area contributed by atoms with Gasteiger partial charge in [0.15, 0.2) is 0 Å². The minimum absolute atomic E-state index is 0.00356. The van der Waals surface area contributed by atoms with E-state index < -0.39 is 0 Å². The molecule has 6 nitrogen and oxygen atoms in total. The lowest BCUT2D eigenvalue weighted by Gasteiger charge is -2.44. The number of amides is 1. The van der Waals surface area contributed by atoms with Gasteiger partial charge in [-0.25, -0.2) is 9.97 Å². The number of benzene rings is 1. The van der Waals surface area contributed by atoms with E-state index in [4.69, 9.17) is 11.6 Å². The third-order valence-corrected chi connectivity index (χ3v) is 6.49. The Morgan fingerprint density at radius 3 is 2.77 bits per heavy atom. The summed E-state index contributed by atoms with van der Waals surface area (Å²) in [6.07, 6.45) is 5.28. The molecule has 0 spiro atoms. The van der Waals surface area contributed by atoms with Crippen molar-refractivity contribution >= 4 is 34.4 Å². The van der Waals surface area contributed by atoms with Gasteiger partial charge in [-0.05, 0) is 48.6 Å². The van der Waals surface area contributed by atoms with Crippen molar-refractivity contribution in [3.05, 3.63) is 52.9 Å². The van der Waals surface area contributed by atoms with E-state index in [2.05, 4.69) is 38.6 Å². The Hall–Kier alpha value is -2.60. The molecule has 156 valence electrons. The number of nitrogens with zero attached hydrogens (tertiary/aromatic N) is 4. The first-order chi connectivity index (χ1) is 14.5. The summed E-state index contributed by atoms with van der Waals surface area (Å²) < 4.78 is 0. The Morgan fingerprint density at radius 2 is 2.03 bits per heavy atom. The van der Waals surface area contributed by atoms with Gasteiger partial charge in [-0.2, -0.15) is 0 Å². The van der Waals surface area contributed by atoms with Crippen LogP contribution in [0.3, 0.4) is 0 Å². The number of carbonyl (C=O) groups is 1. The van der Waals surface area contributed by atoms with Crippen molar-refractivity contribution < 1.29 is 4.79 Å². The number of aromatic amines is 1. The first kappa shape index (κ1) is 19.4. The summed E-state index contributed by atoms with van der Waals surface area (Å²) in [5.74, 6) is 1.44. The maximum absolute atomic E-state index is 13.5. The van der Waals surface area contributed by atoms with Gasteiger partial charge in [0.05, 0.1) is 12.0 Å². The van der Waals surface area contributed by atoms with E-state index in [-0.39, 0.29) is 17.9 Å². The Bertz CT molecular complexity index is 1070. The number of carbonyl (C=O) groups excluding carboxylic acids is 1. The molecule has 7 heteroatoms. The highest BCUT2D eigenvalue weighted by Gasteiger charge is 2.41. The van der Waals surface area contributed by atoms with Crippen molar-refractivity contribution in [3.8, 4) is 0 Å². The number of nitrogens with one attached hydrogen (secondary N) is 1. The molecular weight excluding hydrogens is 398 g/mol. The fourth-order valence-corrected chi connectivity index (χ4v) is 4.95. The van der Waals surface area contributed by atoms with Crippen LogP contribution in [0.15, 0.2) is 36.7 Å². The zero-order chi connectivity index (χ0) is 20.8. The lowest BCUT2D eigenvalue weighted by molar-refractivity contribution is -0.139. The fraction of sp³-hybridized carbons (Fsp3) is 0.435. The van der Waals surface area contributed by atoms with E-state index in [1.807, 2.05) is 18.2 Å². The fourth-order valence-electron chi connectivity index (χ4n) is 4.78. The number of H-pyrrole nitrogens is 1. The number of hydrogen-bond donors (Lipinski definition) is 1. The van der Waals surface area contributed by atoms with Crippen LogP contribution in [0, 0.1) is 11.8 Å². The highest BCUT2D eigenvalue weighted by atomic mass is 35.5. The molecular formula is C23H26ClN5O. The number of hydrogen-bond acceptors (Lipinski definition) is 4. The SMILES string of the molecule is CC(C)CC1c2[nH]c3ccc(Cl)cc3c2CCN1C(=O)C1CN(c2ncccn2)C1. The Labute approximate surface area is 181 Å². The standard InChI is InChI=1S/C23H26ClN5O/c1-14(2)10-20-21-17(18-11-16(24)4-5-19(18)27-21)6-9-29(20)22(30)15-12-28(13-15)23-25-7-3-8-26-23/h3-5,7-8,11,14-15,20,27H,6,9-10,12-13H2,1-2H3. The second kappa shape index (κ2) is 7.58. The number of aromatic nitrogens is 3. The average Bonchev–Trinajstić information content (AvgIpc) is 3.06. The number of anilines is 1. The van der Waals surface area contributed by atoms with Gasteiger partial charge in [0.1, 0.15) is 0 Å². The zero-order valence-electron chi connectivity index (χ0n) is 17.3. The smallest absolute Gasteiger partial charge is 0.229 e. The summed E-state index contributed by atoms with van der Waals surface area (Å²) in [5.41, 5.74) is 3.60. The van der Waals surface area contributed by atoms with E-state index in [0.29, 0.717) is 25.0 Å². The number of fused-ring (bicyclic) bond motifs is 3. The Kier molecular flexibility index (Phi) is 4.89. The van der Waals surface area contributed by atoms with E-state index in [0.717, 1.165) is 29.9 Å². The molecule has 1 atom stereocenters. The van der Waals surface area contributed by atoms with E-state index in [9.17, 15) is 4.79 Å². The summed E-state index contributed by atoms with van der Waals surface area (Å²) >= 11 is 6.26. The Morgan fingerprint density at radius 1 is 1.27 bits per heavy atom. The molecule has 1 N–H and O–H groups in total. The van der Waals surface area contributed by atoms with Gasteiger partial charge in [-0.3, -0.25) is 4.79 Å². The molecule has 0 radical (unpaired) electrons. The third-order valence-electron chi connectivity index (χ3n) is 6.26. The highest BCUT2D eigenvalue weighted by Crippen LogP contribution is 2.40. The van der Waals surface area contributed by atoms with Gasteiger partial charge in [0.25, 0.3) is 0 Å². The summed E-state index contributed by atoms with van der Waals surface area (Å²) in [6, 6.07) is 7.88. The maximum Gasteiger partial charge on any atom is 0.229 e. The van der Waals surface area contributed by atoms with Crippen molar-refractivity contribution in [2.75, 3.05) is 24.5 Å². The van der Waals surface area contributed by atoms with Crippen LogP contribution < -0.4 is 4.90 Å². The molecule has 1 fully saturated rings.